The summed E-state index contributed by atoms with van der Waals surface area (Å²) in [6, 6.07) is 0.615. The quantitative estimate of drug-likeness (QED) is 0.740. The average molecular weight is 242 g/mol. The molecule has 0 bridgehead atoms. The highest BCUT2D eigenvalue weighted by atomic mass is 16.5. The molecule has 17 heavy (non-hydrogen) atoms. The zero-order valence-electron chi connectivity index (χ0n) is 12.2. The van der Waals surface area contributed by atoms with Gasteiger partial charge in [0.25, 0.3) is 0 Å². The van der Waals surface area contributed by atoms with Crippen molar-refractivity contribution in [2.24, 2.45) is 5.92 Å². The molecule has 2 unspecified atom stereocenters. The standard InChI is InChI=1S/C14H30N2O/c1-11(2)9-16(12(3)4)10-14-7-6-13(17-14)8-15-5/h11-15H,6-10H2,1-5H3. The minimum Gasteiger partial charge on any atom is -0.372 e. The summed E-state index contributed by atoms with van der Waals surface area (Å²) in [5, 5.41) is 3.20. The Kier molecular flexibility index (Phi) is 6.45. The Hall–Kier alpha value is -0.120. The van der Waals surface area contributed by atoms with Crippen LogP contribution < -0.4 is 5.32 Å². The maximum atomic E-state index is 6.06. The summed E-state index contributed by atoms with van der Waals surface area (Å²) >= 11 is 0. The van der Waals surface area contributed by atoms with Crippen LogP contribution >= 0.6 is 0 Å². The van der Waals surface area contributed by atoms with E-state index in [4.69, 9.17) is 4.74 Å². The van der Waals surface area contributed by atoms with Gasteiger partial charge in [-0.1, -0.05) is 13.8 Å². The smallest absolute Gasteiger partial charge is 0.0707 e. The van der Waals surface area contributed by atoms with Gasteiger partial charge in [0, 0.05) is 25.7 Å². The summed E-state index contributed by atoms with van der Waals surface area (Å²) in [7, 11) is 2.00. The average Bonchev–Trinajstić information content (AvgIpc) is 2.64. The summed E-state index contributed by atoms with van der Waals surface area (Å²) in [6.07, 6.45) is 3.29. The highest BCUT2D eigenvalue weighted by Gasteiger charge is 2.27. The molecule has 0 saturated carbocycles. The van der Waals surface area contributed by atoms with Crippen LogP contribution in [0.15, 0.2) is 0 Å². The first-order valence-electron chi connectivity index (χ1n) is 7.07. The molecule has 1 aliphatic rings. The predicted octanol–water partition coefficient (Wildman–Crippen LogP) is 2.12. The third-order valence-corrected chi connectivity index (χ3v) is 3.40. The minimum atomic E-state index is 0.429. The minimum absolute atomic E-state index is 0.429. The van der Waals surface area contributed by atoms with Crippen molar-refractivity contribution >= 4 is 0 Å². The largest absolute Gasteiger partial charge is 0.372 e. The highest BCUT2D eigenvalue weighted by molar-refractivity contribution is 4.79. The Morgan fingerprint density at radius 1 is 1.18 bits per heavy atom. The molecule has 3 nitrogen and oxygen atoms in total. The lowest BCUT2D eigenvalue weighted by molar-refractivity contribution is 0.0155. The van der Waals surface area contributed by atoms with E-state index in [0.717, 1.165) is 19.0 Å². The molecule has 102 valence electrons. The first-order valence-corrected chi connectivity index (χ1v) is 7.07. The van der Waals surface area contributed by atoms with E-state index in [-0.39, 0.29) is 0 Å². The van der Waals surface area contributed by atoms with Gasteiger partial charge in [0.15, 0.2) is 0 Å². The molecule has 0 spiro atoms. The summed E-state index contributed by atoms with van der Waals surface area (Å²) in [5.41, 5.74) is 0. The number of ether oxygens (including phenoxy) is 1. The molecule has 0 aromatic rings. The van der Waals surface area contributed by atoms with Crippen LogP contribution in [0, 0.1) is 5.92 Å². The van der Waals surface area contributed by atoms with E-state index < -0.39 is 0 Å². The van der Waals surface area contributed by atoms with Crippen molar-refractivity contribution in [3.63, 3.8) is 0 Å². The molecule has 0 amide bonds. The summed E-state index contributed by atoms with van der Waals surface area (Å²) in [6.45, 7) is 12.4. The van der Waals surface area contributed by atoms with Crippen LogP contribution in [0.2, 0.25) is 0 Å². The Morgan fingerprint density at radius 3 is 2.35 bits per heavy atom. The van der Waals surface area contributed by atoms with Gasteiger partial charge in [0.2, 0.25) is 0 Å². The zero-order chi connectivity index (χ0) is 12.8. The highest BCUT2D eigenvalue weighted by Crippen LogP contribution is 2.21. The Labute approximate surface area is 107 Å². The van der Waals surface area contributed by atoms with Crippen LogP contribution in [-0.2, 0) is 4.74 Å². The zero-order valence-corrected chi connectivity index (χ0v) is 12.2. The number of hydrogen-bond acceptors (Lipinski definition) is 3. The lowest BCUT2D eigenvalue weighted by Gasteiger charge is -2.30. The second-order valence-corrected chi connectivity index (χ2v) is 5.96. The van der Waals surface area contributed by atoms with E-state index in [1.165, 1.54) is 19.4 Å². The molecule has 1 N–H and O–H groups in total. The van der Waals surface area contributed by atoms with Crippen molar-refractivity contribution in [2.45, 2.75) is 58.8 Å². The van der Waals surface area contributed by atoms with Gasteiger partial charge in [-0.2, -0.15) is 0 Å². The molecule has 0 aliphatic carbocycles. The first kappa shape index (κ1) is 14.9. The number of nitrogens with zero attached hydrogens (tertiary/aromatic N) is 1. The molecule has 1 fully saturated rings. The maximum absolute atomic E-state index is 6.06. The first-order chi connectivity index (χ1) is 8.02. The van der Waals surface area contributed by atoms with Crippen molar-refractivity contribution in [1.82, 2.24) is 10.2 Å². The van der Waals surface area contributed by atoms with Gasteiger partial charge in [-0.05, 0) is 39.7 Å². The molecule has 0 radical (unpaired) electrons. The van der Waals surface area contributed by atoms with Gasteiger partial charge in [-0.3, -0.25) is 4.90 Å². The van der Waals surface area contributed by atoms with Crippen LogP contribution in [0.4, 0.5) is 0 Å². The molecule has 0 aromatic heterocycles. The SMILES string of the molecule is CNCC1CCC(CN(CC(C)C)C(C)C)O1. The van der Waals surface area contributed by atoms with Crippen LogP contribution in [0.1, 0.15) is 40.5 Å². The maximum Gasteiger partial charge on any atom is 0.0707 e. The lowest BCUT2D eigenvalue weighted by Crippen LogP contribution is -2.40. The van der Waals surface area contributed by atoms with Crippen molar-refractivity contribution in [2.75, 3.05) is 26.7 Å². The Morgan fingerprint density at radius 2 is 1.82 bits per heavy atom. The van der Waals surface area contributed by atoms with E-state index in [0.29, 0.717) is 18.2 Å². The fraction of sp³-hybridized carbons (Fsp3) is 1.00. The topological polar surface area (TPSA) is 24.5 Å². The van der Waals surface area contributed by atoms with Gasteiger partial charge in [-0.25, -0.2) is 0 Å². The van der Waals surface area contributed by atoms with Crippen molar-refractivity contribution in [3.05, 3.63) is 0 Å². The normalized spacial score (nSPS) is 25.4. The second kappa shape index (κ2) is 7.34. The second-order valence-electron chi connectivity index (χ2n) is 5.96. The third-order valence-electron chi connectivity index (χ3n) is 3.40. The molecule has 1 saturated heterocycles. The number of rotatable bonds is 7. The predicted molar refractivity (Wildman–Crippen MR) is 73.4 cm³/mol. The van der Waals surface area contributed by atoms with Crippen LogP contribution in [0.3, 0.4) is 0 Å². The van der Waals surface area contributed by atoms with Crippen molar-refractivity contribution < 1.29 is 4.74 Å². The fourth-order valence-corrected chi connectivity index (χ4v) is 2.52. The van der Waals surface area contributed by atoms with E-state index in [2.05, 4.69) is 37.9 Å². The van der Waals surface area contributed by atoms with E-state index >= 15 is 0 Å². The van der Waals surface area contributed by atoms with Crippen molar-refractivity contribution in [3.8, 4) is 0 Å². The van der Waals surface area contributed by atoms with Gasteiger partial charge < -0.3 is 10.1 Å². The molecule has 2 atom stereocenters. The molecule has 0 aromatic carbocycles. The summed E-state index contributed by atoms with van der Waals surface area (Å²) in [5.74, 6) is 0.729. The van der Waals surface area contributed by atoms with Gasteiger partial charge in [0.1, 0.15) is 0 Å². The molecule has 1 heterocycles. The van der Waals surface area contributed by atoms with Gasteiger partial charge in [0.05, 0.1) is 12.2 Å². The number of likely N-dealkylation sites (N-methyl/N-ethyl adjacent to an activating group) is 1. The molecule has 1 rings (SSSR count). The van der Waals surface area contributed by atoms with Crippen molar-refractivity contribution in [1.29, 1.82) is 0 Å². The molecule has 1 aliphatic heterocycles. The van der Waals surface area contributed by atoms with E-state index in [1.54, 1.807) is 0 Å². The van der Waals surface area contributed by atoms with E-state index in [9.17, 15) is 0 Å². The molecular weight excluding hydrogens is 212 g/mol. The Balaban J connectivity index is 2.35. The Bertz CT molecular complexity index is 206. The number of nitrogens with one attached hydrogen (secondary N) is 1. The molecular formula is C14H30N2O. The summed E-state index contributed by atoms with van der Waals surface area (Å²) in [4.78, 5) is 2.55. The third kappa shape index (κ3) is 5.36. The van der Waals surface area contributed by atoms with Crippen LogP contribution in [-0.4, -0.2) is 49.8 Å². The fourth-order valence-electron chi connectivity index (χ4n) is 2.52. The van der Waals surface area contributed by atoms with Crippen LogP contribution in [0.5, 0.6) is 0 Å². The summed E-state index contributed by atoms with van der Waals surface area (Å²) < 4.78 is 6.06. The van der Waals surface area contributed by atoms with E-state index in [1.807, 2.05) is 7.05 Å². The molecule has 3 heteroatoms. The van der Waals surface area contributed by atoms with Gasteiger partial charge in [-0.15, -0.1) is 0 Å². The monoisotopic (exact) mass is 242 g/mol. The van der Waals surface area contributed by atoms with Gasteiger partial charge >= 0.3 is 0 Å². The number of hydrogen-bond donors (Lipinski definition) is 1. The lowest BCUT2D eigenvalue weighted by atomic mass is 10.1. The van der Waals surface area contributed by atoms with Crippen LogP contribution in [0.25, 0.3) is 0 Å².